The third-order valence-corrected chi connectivity index (χ3v) is 4.79. The minimum absolute atomic E-state index is 0.0456. The summed E-state index contributed by atoms with van der Waals surface area (Å²) < 4.78 is 6.37. The fourth-order valence-corrected chi connectivity index (χ4v) is 3.40. The number of hydrogen-bond acceptors (Lipinski definition) is 3. The van der Waals surface area contributed by atoms with Crippen LogP contribution in [0.15, 0.2) is 28.7 Å². The molecule has 2 amide bonds. The van der Waals surface area contributed by atoms with Gasteiger partial charge in [-0.15, -0.1) is 0 Å². The van der Waals surface area contributed by atoms with Crippen molar-refractivity contribution in [3.63, 3.8) is 0 Å². The SMILES string of the molecule is O=C(NC[C@@H]1CCN(c2cccc(Br)c2)C1)N1CCOCC1. The van der Waals surface area contributed by atoms with E-state index in [9.17, 15) is 4.79 Å². The molecular formula is C16H22BrN3O2. The summed E-state index contributed by atoms with van der Waals surface area (Å²) in [4.78, 5) is 16.3. The van der Waals surface area contributed by atoms with Crippen LogP contribution in [0.3, 0.4) is 0 Å². The van der Waals surface area contributed by atoms with Gasteiger partial charge in [-0.1, -0.05) is 22.0 Å². The average Bonchev–Trinajstić information content (AvgIpc) is 3.02. The van der Waals surface area contributed by atoms with Crippen molar-refractivity contribution in [2.75, 3.05) is 50.8 Å². The van der Waals surface area contributed by atoms with Crippen molar-refractivity contribution >= 4 is 27.6 Å². The first-order valence-electron chi connectivity index (χ1n) is 7.83. The number of nitrogens with zero attached hydrogens (tertiary/aromatic N) is 2. The summed E-state index contributed by atoms with van der Waals surface area (Å²) in [6, 6.07) is 8.44. The second kappa shape index (κ2) is 7.33. The molecule has 2 aliphatic heterocycles. The highest BCUT2D eigenvalue weighted by molar-refractivity contribution is 9.10. The van der Waals surface area contributed by atoms with Crippen molar-refractivity contribution in [1.82, 2.24) is 10.2 Å². The number of nitrogens with one attached hydrogen (secondary N) is 1. The number of halogens is 1. The molecule has 1 atom stereocenters. The van der Waals surface area contributed by atoms with Gasteiger partial charge in [0.1, 0.15) is 0 Å². The van der Waals surface area contributed by atoms with Crippen molar-refractivity contribution < 1.29 is 9.53 Å². The van der Waals surface area contributed by atoms with Crippen molar-refractivity contribution in [3.8, 4) is 0 Å². The summed E-state index contributed by atoms with van der Waals surface area (Å²) in [5.41, 5.74) is 1.25. The van der Waals surface area contributed by atoms with Crippen LogP contribution in [0.4, 0.5) is 10.5 Å². The summed E-state index contributed by atoms with van der Waals surface area (Å²) in [6.45, 7) is 5.48. The Labute approximate surface area is 139 Å². The molecular weight excluding hydrogens is 346 g/mol. The van der Waals surface area contributed by atoms with E-state index in [1.807, 2.05) is 11.0 Å². The minimum Gasteiger partial charge on any atom is -0.378 e. The highest BCUT2D eigenvalue weighted by atomic mass is 79.9. The third-order valence-electron chi connectivity index (χ3n) is 4.30. The van der Waals surface area contributed by atoms with Crippen LogP contribution in [0.2, 0.25) is 0 Å². The van der Waals surface area contributed by atoms with E-state index in [0.717, 1.165) is 30.5 Å². The number of morpholine rings is 1. The lowest BCUT2D eigenvalue weighted by atomic mass is 10.1. The van der Waals surface area contributed by atoms with Gasteiger partial charge in [-0.2, -0.15) is 0 Å². The van der Waals surface area contributed by atoms with Gasteiger partial charge in [-0.25, -0.2) is 4.79 Å². The highest BCUT2D eigenvalue weighted by Crippen LogP contribution is 2.25. The van der Waals surface area contributed by atoms with Crippen LogP contribution in [0.5, 0.6) is 0 Å². The fourth-order valence-electron chi connectivity index (χ4n) is 3.02. The van der Waals surface area contributed by atoms with Gasteiger partial charge in [0.2, 0.25) is 0 Å². The Balaban J connectivity index is 1.46. The molecule has 2 fully saturated rings. The monoisotopic (exact) mass is 367 g/mol. The molecule has 0 spiro atoms. The first-order valence-corrected chi connectivity index (χ1v) is 8.63. The maximum absolute atomic E-state index is 12.1. The van der Waals surface area contributed by atoms with Gasteiger partial charge in [-0.3, -0.25) is 0 Å². The predicted molar refractivity (Wildman–Crippen MR) is 90.3 cm³/mol. The van der Waals surface area contributed by atoms with Gasteiger partial charge in [0.05, 0.1) is 13.2 Å². The number of amides is 2. The topological polar surface area (TPSA) is 44.8 Å². The Bertz CT molecular complexity index is 520. The van der Waals surface area contributed by atoms with E-state index in [-0.39, 0.29) is 6.03 Å². The molecule has 0 unspecified atom stereocenters. The van der Waals surface area contributed by atoms with Gasteiger partial charge in [-0.05, 0) is 30.5 Å². The van der Waals surface area contributed by atoms with Crippen LogP contribution in [0.1, 0.15) is 6.42 Å². The maximum Gasteiger partial charge on any atom is 0.317 e. The maximum atomic E-state index is 12.1. The minimum atomic E-state index is 0.0456. The van der Waals surface area contributed by atoms with Crippen molar-refractivity contribution in [1.29, 1.82) is 0 Å². The third kappa shape index (κ3) is 3.93. The summed E-state index contributed by atoms with van der Waals surface area (Å²) in [5, 5.41) is 3.07. The first kappa shape index (κ1) is 15.6. The van der Waals surface area contributed by atoms with E-state index < -0.39 is 0 Å². The van der Waals surface area contributed by atoms with Crippen LogP contribution >= 0.6 is 15.9 Å². The van der Waals surface area contributed by atoms with Gasteiger partial charge in [0.25, 0.3) is 0 Å². The van der Waals surface area contributed by atoms with Gasteiger partial charge < -0.3 is 19.9 Å². The highest BCUT2D eigenvalue weighted by Gasteiger charge is 2.24. The molecule has 2 saturated heterocycles. The normalized spacial score (nSPS) is 22.0. The second-order valence-corrected chi connectivity index (χ2v) is 6.78. The van der Waals surface area contributed by atoms with Crippen LogP contribution in [0.25, 0.3) is 0 Å². The van der Waals surface area contributed by atoms with E-state index >= 15 is 0 Å². The number of rotatable bonds is 3. The molecule has 0 bridgehead atoms. The second-order valence-electron chi connectivity index (χ2n) is 5.87. The van der Waals surface area contributed by atoms with Gasteiger partial charge in [0, 0.05) is 42.9 Å². The summed E-state index contributed by atoms with van der Waals surface area (Å²) in [7, 11) is 0. The summed E-state index contributed by atoms with van der Waals surface area (Å²) in [5.74, 6) is 0.518. The Morgan fingerprint density at radius 1 is 1.32 bits per heavy atom. The Morgan fingerprint density at radius 2 is 2.14 bits per heavy atom. The van der Waals surface area contributed by atoms with E-state index in [0.29, 0.717) is 32.2 Å². The van der Waals surface area contributed by atoms with Gasteiger partial charge in [0.15, 0.2) is 0 Å². The molecule has 2 aliphatic rings. The van der Waals surface area contributed by atoms with Crippen LogP contribution in [0, 0.1) is 5.92 Å². The molecule has 6 heteroatoms. The number of carbonyl (C=O) groups is 1. The number of hydrogen-bond donors (Lipinski definition) is 1. The number of benzene rings is 1. The van der Waals surface area contributed by atoms with E-state index in [2.05, 4.69) is 44.3 Å². The molecule has 1 aromatic carbocycles. The number of ether oxygens (including phenoxy) is 1. The molecule has 2 heterocycles. The summed E-state index contributed by atoms with van der Waals surface area (Å²) >= 11 is 3.52. The lowest BCUT2D eigenvalue weighted by molar-refractivity contribution is 0.0530. The quantitative estimate of drug-likeness (QED) is 0.891. The van der Waals surface area contributed by atoms with Crippen molar-refractivity contribution in [2.45, 2.75) is 6.42 Å². The van der Waals surface area contributed by atoms with Crippen molar-refractivity contribution in [3.05, 3.63) is 28.7 Å². The van der Waals surface area contributed by atoms with Crippen LogP contribution in [-0.4, -0.2) is 56.9 Å². The number of carbonyl (C=O) groups excluding carboxylic acids is 1. The molecule has 0 saturated carbocycles. The van der Waals surface area contributed by atoms with Crippen molar-refractivity contribution in [2.24, 2.45) is 5.92 Å². The smallest absolute Gasteiger partial charge is 0.317 e. The van der Waals surface area contributed by atoms with E-state index in [4.69, 9.17) is 4.74 Å². The summed E-state index contributed by atoms with van der Waals surface area (Å²) in [6.07, 6.45) is 1.12. The van der Waals surface area contributed by atoms with Gasteiger partial charge >= 0.3 is 6.03 Å². The zero-order chi connectivity index (χ0) is 15.4. The first-order chi connectivity index (χ1) is 10.7. The molecule has 0 aliphatic carbocycles. The van der Waals surface area contributed by atoms with E-state index in [1.54, 1.807) is 0 Å². The lowest BCUT2D eigenvalue weighted by Crippen LogP contribution is -2.47. The average molecular weight is 368 g/mol. The lowest BCUT2D eigenvalue weighted by Gasteiger charge is -2.27. The molecule has 120 valence electrons. The molecule has 1 N–H and O–H groups in total. The largest absolute Gasteiger partial charge is 0.378 e. The molecule has 0 aromatic heterocycles. The van der Waals surface area contributed by atoms with E-state index in [1.165, 1.54) is 5.69 Å². The molecule has 1 aromatic rings. The number of urea groups is 1. The number of anilines is 1. The zero-order valence-electron chi connectivity index (χ0n) is 12.6. The Hall–Kier alpha value is -1.27. The molecule has 5 nitrogen and oxygen atoms in total. The molecule has 22 heavy (non-hydrogen) atoms. The molecule has 3 rings (SSSR count). The zero-order valence-corrected chi connectivity index (χ0v) is 14.2. The Morgan fingerprint density at radius 3 is 2.91 bits per heavy atom. The predicted octanol–water partition coefficient (Wildman–Crippen LogP) is 2.32. The standard InChI is InChI=1S/C16H22BrN3O2/c17-14-2-1-3-15(10-14)20-5-4-13(12-20)11-18-16(21)19-6-8-22-9-7-19/h1-3,10,13H,4-9,11-12H2,(H,18,21)/t13-/m0/s1. The molecule has 0 radical (unpaired) electrons. The Kier molecular flexibility index (Phi) is 5.20. The van der Waals surface area contributed by atoms with Crippen LogP contribution < -0.4 is 10.2 Å². The van der Waals surface area contributed by atoms with Crippen LogP contribution in [-0.2, 0) is 4.74 Å². The fraction of sp³-hybridized carbons (Fsp3) is 0.562.